The summed E-state index contributed by atoms with van der Waals surface area (Å²) in [5, 5.41) is 3.99. The minimum atomic E-state index is -0.752. The van der Waals surface area contributed by atoms with Crippen LogP contribution in [0.25, 0.3) is 10.9 Å². The van der Waals surface area contributed by atoms with E-state index in [0.717, 1.165) is 16.6 Å². The van der Waals surface area contributed by atoms with E-state index in [0.29, 0.717) is 25.3 Å². The first kappa shape index (κ1) is 21.6. The molecule has 0 bridgehead atoms. The number of rotatable bonds is 5. The Morgan fingerprint density at radius 1 is 1.16 bits per heavy atom. The van der Waals surface area contributed by atoms with Gasteiger partial charge in [0.05, 0.1) is 13.7 Å². The van der Waals surface area contributed by atoms with Crippen LogP contribution in [-0.4, -0.2) is 55.1 Å². The number of nitrogens with zero attached hydrogens (tertiary/aromatic N) is 2. The number of H-pyrrole nitrogens is 1. The lowest BCUT2D eigenvalue weighted by atomic mass is 10.1. The van der Waals surface area contributed by atoms with E-state index in [1.165, 1.54) is 25.3 Å². The van der Waals surface area contributed by atoms with Gasteiger partial charge < -0.3 is 24.8 Å². The molecule has 1 aliphatic rings. The van der Waals surface area contributed by atoms with Gasteiger partial charge in [-0.15, -0.1) is 0 Å². The number of halogens is 2. The fourth-order valence-electron chi connectivity index (χ4n) is 4.03. The average Bonchev–Trinajstić information content (AvgIpc) is 2.77. The number of aromatic amines is 1. The Bertz CT molecular complexity index is 1190. The third kappa shape index (κ3) is 4.37. The molecule has 2 aromatic carbocycles. The smallest absolute Gasteiger partial charge is 0.248 e. The predicted molar refractivity (Wildman–Crippen MR) is 119 cm³/mol. The molecular formula is C23H24F2N4O3. The normalized spacial score (nSPS) is 16.3. The van der Waals surface area contributed by atoms with E-state index in [2.05, 4.69) is 10.3 Å². The third-order valence-electron chi connectivity index (χ3n) is 5.67. The molecule has 9 heteroatoms. The highest BCUT2D eigenvalue weighted by Gasteiger charge is 2.28. The van der Waals surface area contributed by atoms with Crippen LogP contribution in [0.2, 0.25) is 0 Å². The molecule has 2 heterocycles. The summed E-state index contributed by atoms with van der Waals surface area (Å²) in [7, 11) is 1.22. The molecule has 3 aromatic rings. The highest BCUT2D eigenvalue weighted by atomic mass is 19.1. The van der Waals surface area contributed by atoms with Gasteiger partial charge in [-0.2, -0.15) is 0 Å². The largest absolute Gasteiger partial charge is 0.491 e. The van der Waals surface area contributed by atoms with Crippen molar-refractivity contribution in [1.82, 2.24) is 9.88 Å². The molecular weight excluding hydrogens is 418 g/mol. The summed E-state index contributed by atoms with van der Waals surface area (Å²) < 4.78 is 32.9. The fraction of sp³-hybridized carbons (Fsp3) is 0.304. The van der Waals surface area contributed by atoms with Crippen LogP contribution >= 0.6 is 0 Å². The van der Waals surface area contributed by atoms with E-state index < -0.39 is 17.4 Å². The van der Waals surface area contributed by atoms with E-state index in [9.17, 15) is 18.4 Å². The van der Waals surface area contributed by atoms with Gasteiger partial charge in [-0.1, -0.05) is 0 Å². The van der Waals surface area contributed by atoms with Crippen molar-refractivity contribution in [3.8, 4) is 5.75 Å². The summed E-state index contributed by atoms with van der Waals surface area (Å²) in [4.78, 5) is 30.6. The molecule has 168 valence electrons. The van der Waals surface area contributed by atoms with Gasteiger partial charge in [0.15, 0.2) is 17.4 Å². The molecule has 4 rings (SSSR count). The number of methoxy groups -OCH3 is 1. The maximum Gasteiger partial charge on any atom is 0.248 e. The topological polar surface area (TPSA) is 77.7 Å². The molecule has 7 nitrogen and oxygen atoms in total. The number of amides is 1. The van der Waals surface area contributed by atoms with Gasteiger partial charge in [0.2, 0.25) is 11.5 Å². The lowest BCUT2D eigenvalue weighted by molar-refractivity contribution is -0.131. The number of carbonyl (C=O) groups excluding carboxylic acids is 1. The number of fused-ring (bicyclic) bond motifs is 1. The number of ether oxygens (including phenoxy) is 1. The molecule has 2 N–H and O–H groups in total. The van der Waals surface area contributed by atoms with E-state index in [4.69, 9.17) is 4.74 Å². The molecule has 1 saturated heterocycles. The second-order valence-electron chi connectivity index (χ2n) is 7.80. The van der Waals surface area contributed by atoms with Crippen LogP contribution in [-0.2, 0) is 4.79 Å². The van der Waals surface area contributed by atoms with E-state index >= 15 is 0 Å². The minimum Gasteiger partial charge on any atom is -0.491 e. The lowest BCUT2D eigenvalue weighted by Gasteiger charge is -2.41. The summed E-state index contributed by atoms with van der Waals surface area (Å²) >= 11 is 0. The molecule has 0 unspecified atom stereocenters. The number of hydrogen-bond acceptors (Lipinski definition) is 5. The van der Waals surface area contributed by atoms with Crippen molar-refractivity contribution in [3.05, 3.63) is 64.5 Å². The number of hydrogen-bond donors (Lipinski definition) is 2. The molecule has 1 fully saturated rings. The fourth-order valence-corrected chi connectivity index (χ4v) is 4.03. The molecule has 0 saturated carbocycles. The number of nitrogens with one attached hydrogen (secondary N) is 2. The molecule has 1 aliphatic heterocycles. The molecule has 1 aromatic heterocycles. The Morgan fingerprint density at radius 2 is 1.91 bits per heavy atom. The van der Waals surface area contributed by atoms with Crippen molar-refractivity contribution in [3.63, 3.8) is 0 Å². The van der Waals surface area contributed by atoms with Crippen LogP contribution < -0.4 is 20.5 Å². The second-order valence-corrected chi connectivity index (χ2v) is 7.80. The Morgan fingerprint density at radius 3 is 2.59 bits per heavy atom. The maximum absolute atomic E-state index is 14.1. The average molecular weight is 442 g/mol. The van der Waals surface area contributed by atoms with Gasteiger partial charge in [-0.05, 0) is 31.2 Å². The summed E-state index contributed by atoms with van der Waals surface area (Å²) in [5.41, 5.74) is 1.76. The van der Waals surface area contributed by atoms with Crippen molar-refractivity contribution in [2.24, 2.45) is 0 Å². The summed E-state index contributed by atoms with van der Waals surface area (Å²) in [6.07, 6.45) is 0. The SMILES string of the molecule is COc1c(F)cc(N2CCN(C(=O)CNc3ccc4[nH]c(=O)ccc4c3)[C@H](C)C2)cc1F. The zero-order chi connectivity index (χ0) is 22.8. The Labute approximate surface area is 183 Å². The van der Waals surface area contributed by atoms with Crippen molar-refractivity contribution < 1.29 is 18.3 Å². The van der Waals surface area contributed by atoms with Crippen LogP contribution in [0.15, 0.2) is 47.3 Å². The lowest BCUT2D eigenvalue weighted by Crippen LogP contribution is -2.55. The van der Waals surface area contributed by atoms with Crippen LogP contribution in [0.3, 0.4) is 0 Å². The van der Waals surface area contributed by atoms with Crippen LogP contribution in [0.5, 0.6) is 5.75 Å². The second kappa shape index (κ2) is 8.86. The Hall–Kier alpha value is -3.62. The molecule has 1 atom stereocenters. The van der Waals surface area contributed by atoms with Gasteiger partial charge in [-0.25, -0.2) is 8.78 Å². The number of aromatic nitrogens is 1. The third-order valence-corrected chi connectivity index (χ3v) is 5.67. The van der Waals surface area contributed by atoms with Crippen molar-refractivity contribution in [2.45, 2.75) is 13.0 Å². The van der Waals surface area contributed by atoms with Gasteiger partial charge >= 0.3 is 0 Å². The van der Waals surface area contributed by atoms with E-state index in [-0.39, 0.29) is 24.1 Å². The van der Waals surface area contributed by atoms with Crippen molar-refractivity contribution >= 4 is 28.2 Å². The first-order valence-electron chi connectivity index (χ1n) is 10.3. The van der Waals surface area contributed by atoms with Gasteiger partial charge in [0.25, 0.3) is 0 Å². The standard InChI is InChI=1S/C23H24F2N4O3/c1-14-13-28(17-10-18(24)23(32-2)19(25)11-17)7-8-29(14)22(31)12-26-16-4-5-20-15(9-16)3-6-21(30)27-20/h3-6,9-11,14,26H,7-8,12-13H2,1-2H3,(H,27,30)/t14-/m1/s1. The number of carbonyl (C=O) groups is 1. The van der Waals surface area contributed by atoms with Crippen LogP contribution in [0.1, 0.15) is 6.92 Å². The zero-order valence-electron chi connectivity index (χ0n) is 17.8. The predicted octanol–water partition coefficient (Wildman–Crippen LogP) is 2.96. The number of anilines is 2. The summed E-state index contributed by atoms with van der Waals surface area (Å²) in [6, 6.07) is 11.0. The first-order chi connectivity index (χ1) is 15.4. The van der Waals surface area contributed by atoms with Crippen molar-refractivity contribution in [2.75, 3.05) is 43.5 Å². The number of piperazine rings is 1. The molecule has 0 aliphatic carbocycles. The van der Waals surface area contributed by atoms with Gasteiger partial charge in [0, 0.05) is 66.2 Å². The summed E-state index contributed by atoms with van der Waals surface area (Å²) in [5.74, 6) is -1.97. The molecule has 1 amide bonds. The quantitative estimate of drug-likeness (QED) is 0.635. The molecule has 0 spiro atoms. The van der Waals surface area contributed by atoms with E-state index in [1.807, 2.05) is 17.9 Å². The Kier molecular flexibility index (Phi) is 5.98. The van der Waals surface area contributed by atoms with Crippen LogP contribution in [0, 0.1) is 11.6 Å². The minimum absolute atomic E-state index is 0.0641. The van der Waals surface area contributed by atoms with Gasteiger partial charge in [-0.3, -0.25) is 9.59 Å². The maximum atomic E-state index is 14.1. The van der Waals surface area contributed by atoms with Crippen molar-refractivity contribution in [1.29, 1.82) is 0 Å². The Balaban J connectivity index is 1.38. The number of pyridine rings is 1. The molecule has 32 heavy (non-hydrogen) atoms. The first-order valence-corrected chi connectivity index (χ1v) is 10.3. The van der Waals surface area contributed by atoms with E-state index in [1.54, 1.807) is 23.1 Å². The zero-order valence-corrected chi connectivity index (χ0v) is 17.8. The monoisotopic (exact) mass is 442 g/mol. The van der Waals surface area contributed by atoms with Crippen LogP contribution in [0.4, 0.5) is 20.2 Å². The number of benzene rings is 2. The summed E-state index contributed by atoms with van der Waals surface area (Å²) in [6.45, 7) is 3.39. The van der Waals surface area contributed by atoms with Gasteiger partial charge in [0.1, 0.15) is 0 Å². The molecule has 0 radical (unpaired) electrons. The highest BCUT2D eigenvalue weighted by molar-refractivity contribution is 5.85. The highest BCUT2D eigenvalue weighted by Crippen LogP contribution is 2.29.